The van der Waals surface area contributed by atoms with E-state index in [1.165, 1.54) is 17.5 Å². The van der Waals surface area contributed by atoms with Gasteiger partial charge in [0.25, 0.3) is 0 Å². The maximum Gasteiger partial charge on any atom is 0.193 e. The Hall–Kier alpha value is -1.57. The van der Waals surface area contributed by atoms with Gasteiger partial charge in [0, 0.05) is 39.4 Å². The molecule has 5 nitrogen and oxygen atoms in total. The monoisotopic (exact) mass is 467 g/mol. The van der Waals surface area contributed by atoms with Gasteiger partial charge in [0.05, 0.1) is 6.20 Å². The van der Waals surface area contributed by atoms with Crippen LogP contribution < -0.4 is 5.32 Å². The first-order valence-corrected chi connectivity index (χ1v) is 9.23. The summed E-state index contributed by atoms with van der Waals surface area (Å²) in [7, 11) is 1.88. The molecule has 1 aliphatic heterocycles. The van der Waals surface area contributed by atoms with Crippen LogP contribution in [0.5, 0.6) is 0 Å². The second-order valence-corrected chi connectivity index (χ2v) is 6.90. The van der Waals surface area contributed by atoms with Gasteiger partial charge in [-0.2, -0.15) is 5.10 Å². The number of aryl methyl sites for hydroxylation is 2. The van der Waals surface area contributed by atoms with Crippen LogP contribution in [0.3, 0.4) is 0 Å². The minimum absolute atomic E-state index is 0. The summed E-state index contributed by atoms with van der Waals surface area (Å²) < 4.78 is 2.01. The fourth-order valence-electron chi connectivity index (χ4n) is 3.50. The van der Waals surface area contributed by atoms with E-state index in [0.29, 0.717) is 5.92 Å². The normalized spacial score (nSPS) is 17.2. The zero-order valence-corrected chi connectivity index (χ0v) is 18.1. The van der Waals surface area contributed by atoms with Crippen LogP contribution in [0.1, 0.15) is 24.0 Å². The number of aliphatic imine (C=N–C) groups is 1. The Morgan fingerprint density at radius 2 is 2.12 bits per heavy atom. The van der Waals surface area contributed by atoms with Crippen LogP contribution in [0, 0.1) is 12.8 Å². The van der Waals surface area contributed by atoms with Crippen LogP contribution in [0.4, 0.5) is 0 Å². The predicted octanol–water partition coefficient (Wildman–Crippen LogP) is 3.34. The second-order valence-electron chi connectivity index (χ2n) is 6.90. The van der Waals surface area contributed by atoms with Crippen molar-refractivity contribution in [3.8, 4) is 0 Å². The van der Waals surface area contributed by atoms with E-state index < -0.39 is 0 Å². The number of benzene rings is 1. The first kappa shape index (κ1) is 20.7. The van der Waals surface area contributed by atoms with Gasteiger partial charge in [0.15, 0.2) is 5.96 Å². The molecule has 0 spiro atoms. The lowest BCUT2D eigenvalue weighted by atomic mass is 9.99. The van der Waals surface area contributed by atoms with Crippen molar-refractivity contribution in [2.45, 2.75) is 32.7 Å². The van der Waals surface area contributed by atoms with Gasteiger partial charge >= 0.3 is 0 Å². The molecular weight excluding hydrogens is 437 g/mol. The number of hydrogen-bond acceptors (Lipinski definition) is 2. The maximum atomic E-state index is 4.47. The molecule has 6 heteroatoms. The Kier molecular flexibility index (Phi) is 8.41. The molecule has 1 saturated heterocycles. The van der Waals surface area contributed by atoms with Crippen molar-refractivity contribution in [1.82, 2.24) is 20.0 Å². The van der Waals surface area contributed by atoms with Gasteiger partial charge in [-0.05, 0) is 43.2 Å². The van der Waals surface area contributed by atoms with Crippen molar-refractivity contribution in [3.05, 3.63) is 53.9 Å². The molecule has 1 unspecified atom stereocenters. The van der Waals surface area contributed by atoms with E-state index in [0.717, 1.165) is 45.0 Å². The Morgan fingerprint density at radius 1 is 1.31 bits per heavy atom. The van der Waals surface area contributed by atoms with Crippen molar-refractivity contribution in [1.29, 1.82) is 0 Å². The van der Waals surface area contributed by atoms with Crippen LogP contribution in [0.2, 0.25) is 0 Å². The minimum atomic E-state index is 0. The third-order valence-corrected chi connectivity index (χ3v) is 4.77. The summed E-state index contributed by atoms with van der Waals surface area (Å²) in [4.78, 5) is 6.86. The lowest BCUT2D eigenvalue weighted by molar-refractivity contribution is 0.456. The van der Waals surface area contributed by atoms with E-state index >= 15 is 0 Å². The molecule has 0 amide bonds. The van der Waals surface area contributed by atoms with Crippen LogP contribution in [0.15, 0.2) is 47.7 Å². The lowest BCUT2D eigenvalue weighted by Gasteiger charge is -2.21. The fraction of sp³-hybridized carbons (Fsp3) is 0.500. The number of rotatable bonds is 6. The summed E-state index contributed by atoms with van der Waals surface area (Å²) in [5.74, 6) is 1.75. The molecule has 2 aromatic rings. The third-order valence-electron chi connectivity index (χ3n) is 4.77. The molecule has 0 bridgehead atoms. The van der Waals surface area contributed by atoms with Crippen LogP contribution >= 0.6 is 24.0 Å². The first-order valence-electron chi connectivity index (χ1n) is 9.23. The topological polar surface area (TPSA) is 45.5 Å². The number of hydrogen-bond donors (Lipinski definition) is 1. The molecule has 1 atom stereocenters. The number of nitrogens with zero attached hydrogens (tertiary/aromatic N) is 4. The molecule has 142 valence electrons. The highest BCUT2D eigenvalue weighted by molar-refractivity contribution is 14.0. The molecule has 1 aromatic carbocycles. The molecule has 3 rings (SSSR count). The number of halogens is 1. The predicted molar refractivity (Wildman–Crippen MR) is 118 cm³/mol. The number of nitrogens with one attached hydrogen (secondary N) is 1. The van der Waals surface area contributed by atoms with E-state index in [9.17, 15) is 0 Å². The molecule has 1 fully saturated rings. The number of guanidine groups is 1. The van der Waals surface area contributed by atoms with Gasteiger partial charge in [0.2, 0.25) is 0 Å². The largest absolute Gasteiger partial charge is 0.356 e. The Balaban J connectivity index is 0.00000243. The quantitative estimate of drug-likeness (QED) is 0.307. The standard InChI is InChI=1S/C20H29N5.HI/c1-17-14-23-25(15-17)11-6-10-22-20(21-2)24-12-9-19(16-24)13-18-7-4-3-5-8-18;/h3-5,7-8,14-15,19H,6,9-13,16H2,1-2H3,(H,21,22);1H. The Labute approximate surface area is 173 Å². The van der Waals surface area contributed by atoms with Crippen LogP contribution in [0.25, 0.3) is 0 Å². The molecule has 0 aliphatic carbocycles. The highest BCUT2D eigenvalue weighted by Crippen LogP contribution is 2.20. The van der Waals surface area contributed by atoms with Gasteiger partial charge in [0.1, 0.15) is 0 Å². The van der Waals surface area contributed by atoms with E-state index in [4.69, 9.17) is 0 Å². The molecule has 0 saturated carbocycles. The Bertz CT molecular complexity index is 683. The van der Waals surface area contributed by atoms with Gasteiger partial charge < -0.3 is 10.2 Å². The summed E-state index contributed by atoms with van der Waals surface area (Å²) >= 11 is 0. The average Bonchev–Trinajstić information content (AvgIpc) is 3.25. The minimum Gasteiger partial charge on any atom is -0.356 e. The average molecular weight is 467 g/mol. The molecular formula is C20H30IN5. The molecule has 0 radical (unpaired) electrons. The zero-order valence-electron chi connectivity index (χ0n) is 15.8. The summed E-state index contributed by atoms with van der Waals surface area (Å²) in [6, 6.07) is 10.8. The fourth-order valence-corrected chi connectivity index (χ4v) is 3.50. The smallest absolute Gasteiger partial charge is 0.193 e. The summed E-state index contributed by atoms with van der Waals surface area (Å²) in [5, 5.41) is 7.84. The first-order chi connectivity index (χ1) is 12.2. The SMILES string of the molecule is CN=C(NCCCn1cc(C)cn1)N1CCC(Cc2ccccc2)C1.I. The summed E-state index contributed by atoms with van der Waals surface area (Å²) in [6.45, 7) is 6.12. The van der Waals surface area contributed by atoms with E-state index in [1.807, 2.05) is 17.9 Å². The lowest BCUT2D eigenvalue weighted by Crippen LogP contribution is -2.40. The van der Waals surface area contributed by atoms with Gasteiger partial charge in [-0.25, -0.2) is 0 Å². The number of aromatic nitrogens is 2. The number of likely N-dealkylation sites (tertiary alicyclic amines) is 1. The van der Waals surface area contributed by atoms with Gasteiger partial charge in [-0.15, -0.1) is 24.0 Å². The zero-order chi connectivity index (χ0) is 17.5. The van der Waals surface area contributed by atoms with Crippen LogP contribution in [-0.2, 0) is 13.0 Å². The van der Waals surface area contributed by atoms with Crippen molar-refractivity contribution < 1.29 is 0 Å². The molecule has 2 heterocycles. The van der Waals surface area contributed by atoms with Gasteiger partial charge in [-0.1, -0.05) is 30.3 Å². The van der Waals surface area contributed by atoms with Crippen molar-refractivity contribution in [2.75, 3.05) is 26.7 Å². The highest BCUT2D eigenvalue weighted by Gasteiger charge is 2.24. The summed E-state index contributed by atoms with van der Waals surface area (Å²) in [5.41, 5.74) is 2.65. The van der Waals surface area contributed by atoms with E-state index in [1.54, 1.807) is 0 Å². The van der Waals surface area contributed by atoms with Crippen molar-refractivity contribution in [2.24, 2.45) is 10.9 Å². The molecule has 1 aliphatic rings. The van der Waals surface area contributed by atoms with Crippen molar-refractivity contribution >= 4 is 29.9 Å². The van der Waals surface area contributed by atoms with E-state index in [-0.39, 0.29) is 24.0 Å². The molecule has 1 aromatic heterocycles. The third kappa shape index (κ3) is 6.00. The molecule has 1 N–H and O–H groups in total. The Morgan fingerprint density at radius 3 is 2.81 bits per heavy atom. The van der Waals surface area contributed by atoms with Gasteiger partial charge in [-0.3, -0.25) is 9.67 Å². The second kappa shape index (κ2) is 10.5. The summed E-state index contributed by atoms with van der Waals surface area (Å²) in [6.07, 6.45) is 7.43. The van der Waals surface area contributed by atoms with Crippen molar-refractivity contribution in [3.63, 3.8) is 0 Å². The molecule has 26 heavy (non-hydrogen) atoms. The maximum absolute atomic E-state index is 4.47. The van der Waals surface area contributed by atoms with E-state index in [2.05, 4.69) is 63.8 Å². The highest BCUT2D eigenvalue weighted by atomic mass is 127. The van der Waals surface area contributed by atoms with Crippen LogP contribution in [-0.4, -0.2) is 47.3 Å².